The van der Waals surface area contributed by atoms with E-state index >= 15 is 0 Å². The molecule has 1 heterocycles. The number of halogens is 1. The Morgan fingerprint density at radius 3 is 2.79 bits per heavy atom. The van der Waals surface area contributed by atoms with E-state index < -0.39 is 0 Å². The van der Waals surface area contributed by atoms with Crippen LogP contribution in [0.1, 0.15) is 29.6 Å². The van der Waals surface area contributed by atoms with Gasteiger partial charge in [0.1, 0.15) is 0 Å². The molecule has 0 aliphatic carbocycles. The normalized spacial score (nSPS) is 10.8. The Balaban J connectivity index is 2.26. The molecule has 0 aliphatic rings. The van der Waals surface area contributed by atoms with Crippen molar-refractivity contribution >= 4 is 16.9 Å². The lowest BCUT2D eigenvalue weighted by Crippen LogP contribution is -2.00. The number of carbonyl (C=O) groups excluding carboxylic acids is 1. The molecule has 0 unspecified atom stereocenters. The van der Waals surface area contributed by atoms with Crippen molar-refractivity contribution in [2.24, 2.45) is 0 Å². The van der Waals surface area contributed by atoms with E-state index in [-0.39, 0.29) is 12.6 Å². The van der Waals surface area contributed by atoms with Crippen LogP contribution in [0.3, 0.4) is 0 Å². The second-order valence-electron chi connectivity index (χ2n) is 4.49. The lowest BCUT2D eigenvalue weighted by Gasteiger charge is -2.04. The van der Waals surface area contributed by atoms with E-state index in [2.05, 4.69) is 0 Å². The van der Waals surface area contributed by atoms with Crippen molar-refractivity contribution in [3.05, 3.63) is 36.0 Å². The summed E-state index contributed by atoms with van der Waals surface area (Å²) in [5, 5.41) is 0.903. The summed E-state index contributed by atoms with van der Waals surface area (Å²) in [6.07, 6.45) is 4.19. The van der Waals surface area contributed by atoms with E-state index in [1.807, 2.05) is 35.0 Å². The summed E-state index contributed by atoms with van der Waals surface area (Å²) in [6.45, 7) is 0.525. The number of alkyl halides is 1. The number of ether oxygens (including phenoxy) is 1. The van der Waals surface area contributed by atoms with Gasteiger partial charge in [-0.05, 0) is 25.3 Å². The molecular weight excluding hydrogens is 245 g/mol. The molecule has 0 fully saturated rings. The number of hydrogen-bond donors (Lipinski definition) is 0. The first kappa shape index (κ1) is 13.6. The highest BCUT2D eigenvalue weighted by Crippen LogP contribution is 2.22. The van der Waals surface area contributed by atoms with E-state index in [0.717, 1.165) is 30.3 Å². The Morgan fingerprint density at radius 1 is 1.26 bits per heavy atom. The summed E-state index contributed by atoms with van der Waals surface area (Å²) >= 11 is 0. The minimum absolute atomic E-state index is 0.264. The molecule has 0 saturated heterocycles. The van der Waals surface area contributed by atoms with Crippen LogP contribution in [0.4, 0.5) is 4.39 Å². The number of hydrogen-bond acceptors (Lipinski definition) is 2. The Hall–Kier alpha value is -1.84. The summed E-state index contributed by atoms with van der Waals surface area (Å²) in [6, 6.07) is 7.75. The quantitative estimate of drug-likeness (QED) is 0.589. The molecule has 19 heavy (non-hydrogen) atoms. The number of unbranched alkanes of at least 4 members (excludes halogenated alkanes) is 2. The first-order chi connectivity index (χ1) is 9.27. The number of nitrogens with zero attached hydrogens (tertiary/aromatic N) is 1. The number of methoxy groups -OCH3 is 1. The first-order valence-electron chi connectivity index (χ1n) is 6.50. The number of aromatic nitrogens is 1. The van der Waals surface area contributed by atoms with Gasteiger partial charge in [-0.1, -0.05) is 18.2 Å². The highest BCUT2D eigenvalue weighted by atomic mass is 19.1. The lowest BCUT2D eigenvalue weighted by atomic mass is 10.2. The summed E-state index contributed by atoms with van der Waals surface area (Å²) in [5.74, 6) is -0.321. The zero-order chi connectivity index (χ0) is 13.7. The van der Waals surface area contributed by atoms with Gasteiger partial charge in [0.15, 0.2) is 0 Å². The first-order valence-corrected chi connectivity index (χ1v) is 6.50. The zero-order valence-electron chi connectivity index (χ0n) is 11.1. The van der Waals surface area contributed by atoms with Crippen LogP contribution < -0.4 is 0 Å². The lowest BCUT2D eigenvalue weighted by molar-refractivity contribution is 0.0602. The van der Waals surface area contributed by atoms with E-state index in [4.69, 9.17) is 4.74 Å². The predicted octanol–water partition coefficient (Wildman–Crippen LogP) is 3.57. The van der Waals surface area contributed by atoms with Gasteiger partial charge in [0.25, 0.3) is 0 Å². The molecule has 0 amide bonds. The smallest absolute Gasteiger partial charge is 0.340 e. The summed E-state index contributed by atoms with van der Waals surface area (Å²) < 4.78 is 18.9. The molecule has 0 N–H and O–H groups in total. The van der Waals surface area contributed by atoms with Crippen LogP contribution in [0.15, 0.2) is 30.5 Å². The highest BCUT2D eigenvalue weighted by molar-refractivity contribution is 6.04. The van der Waals surface area contributed by atoms with Crippen molar-refractivity contribution in [3.8, 4) is 0 Å². The largest absolute Gasteiger partial charge is 0.465 e. The monoisotopic (exact) mass is 263 g/mol. The Kier molecular flexibility index (Phi) is 4.55. The summed E-state index contributed by atoms with van der Waals surface area (Å²) in [7, 11) is 1.38. The van der Waals surface area contributed by atoms with E-state index in [1.54, 1.807) is 0 Å². The van der Waals surface area contributed by atoms with Gasteiger partial charge < -0.3 is 9.30 Å². The molecule has 4 heteroatoms. The fourth-order valence-electron chi connectivity index (χ4n) is 2.26. The number of esters is 1. The van der Waals surface area contributed by atoms with Gasteiger partial charge in [-0.15, -0.1) is 0 Å². The third-order valence-electron chi connectivity index (χ3n) is 3.23. The van der Waals surface area contributed by atoms with Gasteiger partial charge in [0.2, 0.25) is 0 Å². The van der Waals surface area contributed by atoms with E-state index in [9.17, 15) is 9.18 Å². The van der Waals surface area contributed by atoms with Crippen molar-refractivity contribution in [2.45, 2.75) is 25.8 Å². The molecule has 0 aliphatic heterocycles. The van der Waals surface area contributed by atoms with Gasteiger partial charge >= 0.3 is 5.97 Å². The van der Waals surface area contributed by atoms with Gasteiger partial charge in [0.05, 0.1) is 19.3 Å². The Labute approximate surface area is 112 Å². The number of carbonyl (C=O) groups is 1. The van der Waals surface area contributed by atoms with Crippen molar-refractivity contribution < 1.29 is 13.9 Å². The molecule has 0 saturated carbocycles. The van der Waals surface area contributed by atoms with Gasteiger partial charge in [-0.3, -0.25) is 4.39 Å². The SMILES string of the molecule is COC(=O)c1cn(CCCCCF)c2ccccc12. The third-order valence-corrected chi connectivity index (χ3v) is 3.23. The van der Waals surface area contributed by atoms with Crippen molar-refractivity contribution in [3.63, 3.8) is 0 Å². The highest BCUT2D eigenvalue weighted by Gasteiger charge is 2.14. The third kappa shape index (κ3) is 2.95. The van der Waals surface area contributed by atoms with Crippen molar-refractivity contribution in [2.75, 3.05) is 13.8 Å². The molecule has 1 aromatic heterocycles. The van der Waals surface area contributed by atoms with E-state index in [1.165, 1.54) is 7.11 Å². The minimum atomic E-state index is -0.321. The fraction of sp³-hybridized carbons (Fsp3) is 0.400. The van der Waals surface area contributed by atoms with Crippen LogP contribution in [-0.2, 0) is 11.3 Å². The Bertz CT molecular complexity index is 562. The molecule has 0 bridgehead atoms. The molecular formula is C15H18FNO2. The number of rotatable bonds is 6. The van der Waals surface area contributed by atoms with Crippen molar-refractivity contribution in [1.29, 1.82) is 0 Å². The van der Waals surface area contributed by atoms with Gasteiger partial charge in [0, 0.05) is 23.6 Å². The van der Waals surface area contributed by atoms with Crippen LogP contribution in [0.25, 0.3) is 10.9 Å². The average molecular weight is 263 g/mol. The summed E-state index contributed by atoms with van der Waals surface area (Å²) in [4.78, 5) is 11.7. The average Bonchev–Trinajstić information content (AvgIpc) is 2.82. The van der Waals surface area contributed by atoms with Crippen LogP contribution in [-0.4, -0.2) is 24.3 Å². The molecule has 102 valence electrons. The fourth-order valence-corrected chi connectivity index (χ4v) is 2.26. The minimum Gasteiger partial charge on any atom is -0.465 e. The van der Waals surface area contributed by atoms with Crippen LogP contribution >= 0.6 is 0 Å². The maximum absolute atomic E-state index is 12.1. The molecule has 2 rings (SSSR count). The molecule has 0 radical (unpaired) electrons. The molecule has 1 aromatic carbocycles. The predicted molar refractivity (Wildman–Crippen MR) is 73.1 cm³/mol. The second kappa shape index (κ2) is 6.36. The molecule has 0 atom stereocenters. The topological polar surface area (TPSA) is 31.2 Å². The maximum atomic E-state index is 12.1. The van der Waals surface area contributed by atoms with Gasteiger partial charge in [-0.25, -0.2) is 4.79 Å². The van der Waals surface area contributed by atoms with Crippen LogP contribution in [0.5, 0.6) is 0 Å². The van der Waals surface area contributed by atoms with E-state index in [0.29, 0.717) is 12.0 Å². The van der Waals surface area contributed by atoms with Crippen molar-refractivity contribution in [1.82, 2.24) is 4.57 Å². The zero-order valence-corrected chi connectivity index (χ0v) is 11.1. The second-order valence-corrected chi connectivity index (χ2v) is 4.49. The summed E-state index contributed by atoms with van der Waals surface area (Å²) in [5.41, 5.74) is 1.60. The standard InChI is InChI=1S/C15H18FNO2/c1-19-15(18)13-11-17(10-6-2-5-9-16)14-8-4-3-7-12(13)14/h3-4,7-8,11H,2,5-6,9-10H2,1H3. The molecule has 2 aromatic rings. The van der Waals surface area contributed by atoms with Crippen LogP contribution in [0.2, 0.25) is 0 Å². The Morgan fingerprint density at radius 2 is 2.05 bits per heavy atom. The number of benzene rings is 1. The molecule has 3 nitrogen and oxygen atoms in total. The number of aryl methyl sites for hydroxylation is 1. The van der Waals surface area contributed by atoms with Crippen LogP contribution in [0, 0.1) is 0 Å². The molecule has 0 spiro atoms. The number of para-hydroxylation sites is 1. The maximum Gasteiger partial charge on any atom is 0.340 e. The number of fused-ring (bicyclic) bond motifs is 1. The van der Waals surface area contributed by atoms with Gasteiger partial charge in [-0.2, -0.15) is 0 Å².